The summed E-state index contributed by atoms with van der Waals surface area (Å²) < 4.78 is 0. The second-order valence-corrected chi connectivity index (χ2v) is 7.77. The van der Waals surface area contributed by atoms with Crippen molar-refractivity contribution in [2.45, 2.75) is 13.0 Å². The van der Waals surface area contributed by atoms with E-state index in [1.807, 2.05) is 36.4 Å². The number of rotatable bonds is 6. The Kier molecular flexibility index (Phi) is 6.72. The first-order chi connectivity index (χ1) is 15.6. The summed E-state index contributed by atoms with van der Waals surface area (Å²) in [6.45, 7) is 4.15. The maximum Gasteiger partial charge on any atom is 0.269 e. The van der Waals surface area contributed by atoms with Crippen LogP contribution in [0.1, 0.15) is 22.3 Å². The van der Waals surface area contributed by atoms with Gasteiger partial charge in [0.25, 0.3) is 11.6 Å². The van der Waals surface area contributed by atoms with Gasteiger partial charge < -0.3 is 10.2 Å². The molecule has 1 saturated heterocycles. The van der Waals surface area contributed by atoms with Gasteiger partial charge in [-0.05, 0) is 36.2 Å². The molecule has 8 nitrogen and oxygen atoms in total. The molecule has 1 aliphatic heterocycles. The number of amides is 1. The molecule has 1 amide bonds. The summed E-state index contributed by atoms with van der Waals surface area (Å²) in [4.78, 5) is 32.0. The third kappa shape index (κ3) is 5.47. The third-order valence-corrected chi connectivity index (χ3v) is 5.48. The molecule has 0 spiro atoms. The molecule has 1 aromatic heterocycles. The number of carbonyl (C=O) groups excluding carboxylic acids is 1. The van der Waals surface area contributed by atoms with E-state index in [1.54, 1.807) is 30.5 Å². The van der Waals surface area contributed by atoms with Crippen molar-refractivity contribution in [3.63, 3.8) is 0 Å². The smallest absolute Gasteiger partial charge is 0.269 e. The van der Waals surface area contributed by atoms with Gasteiger partial charge in [0, 0.05) is 50.4 Å². The van der Waals surface area contributed by atoms with Crippen LogP contribution in [-0.4, -0.2) is 46.9 Å². The zero-order valence-corrected chi connectivity index (χ0v) is 17.7. The maximum atomic E-state index is 12.3. The largest absolute Gasteiger partial charge is 0.355 e. The van der Waals surface area contributed by atoms with Crippen molar-refractivity contribution in [2.75, 3.05) is 36.4 Å². The molecule has 3 aromatic rings. The normalized spacial score (nSPS) is 14.6. The molecule has 0 bridgehead atoms. The number of nitrogens with zero attached hydrogens (tertiary/aromatic N) is 4. The molecule has 1 fully saturated rings. The average molecular weight is 431 g/mol. The first kappa shape index (κ1) is 21.5. The molecule has 0 unspecified atom stereocenters. The minimum atomic E-state index is -0.356. The molecule has 0 radical (unpaired) electrons. The lowest BCUT2D eigenvalue weighted by Crippen LogP contribution is -2.31. The fraction of sp³-hybridized carbons (Fsp3) is 0.250. The van der Waals surface area contributed by atoms with Gasteiger partial charge in [0.2, 0.25) is 0 Å². The third-order valence-electron chi connectivity index (χ3n) is 5.48. The van der Waals surface area contributed by atoms with Crippen LogP contribution in [0.25, 0.3) is 0 Å². The lowest BCUT2D eigenvalue weighted by molar-refractivity contribution is -0.384. The van der Waals surface area contributed by atoms with E-state index >= 15 is 0 Å². The Balaban J connectivity index is 1.33. The van der Waals surface area contributed by atoms with Crippen LogP contribution < -0.4 is 10.2 Å². The number of nitro benzene ring substituents is 1. The molecular formula is C24H25N5O3. The molecule has 1 aliphatic rings. The number of anilines is 2. The van der Waals surface area contributed by atoms with Crippen molar-refractivity contribution in [3.8, 4) is 0 Å². The number of non-ortho nitro benzene ring substituents is 1. The SMILES string of the molecule is O=C(Nc1ccc(N2CCCN(Cc3cccc([N+](=O)[O-])c3)CC2)nc1)c1ccccc1. The van der Waals surface area contributed by atoms with Crippen LogP contribution in [0.3, 0.4) is 0 Å². The fourth-order valence-corrected chi connectivity index (χ4v) is 3.82. The predicted molar refractivity (Wildman–Crippen MR) is 124 cm³/mol. The molecule has 2 aromatic carbocycles. The number of carbonyl (C=O) groups is 1. The second-order valence-electron chi connectivity index (χ2n) is 7.77. The minimum Gasteiger partial charge on any atom is -0.355 e. The predicted octanol–water partition coefficient (Wildman–Crippen LogP) is 3.95. The molecule has 0 atom stereocenters. The van der Waals surface area contributed by atoms with Crippen molar-refractivity contribution in [2.24, 2.45) is 0 Å². The van der Waals surface area contributed by atoms with E-state index in [-0.39, 0.29) is 16.5 Å². The van der Waals surface area contributed by atoms with Gasteiger partial charge in [-0.25, -0.2) is 4.98 Å². The molecule has 4 rings (SSSR count). The topological polar surface area (TPSA) is 91.6 Å². The summed E-state index contributed by atoms with van der Waals surface area (Å²) in [5.41, 5.74) is 2.34. The summed E-state index contributed by atoms with van der Waals surface area (Å²) in [5.74, 6) is 0.714. The Morgan fingerprint density at radius 3 is 2.59 bits per heavy atom. The average Bonchev–Trinajstić information content (AvgIpc) is 3.06. The number of hydrogen-bond donors (Lipinski definition) is 1. The Bertz CT molecular complexity index is 1070. The summed E-state index contributed by atoms with van der Waals surface area (Å²) in [5, 5.41) is 13.9. The van der Waals surface area contributed by atoms with Crippen molar-refractivity contribution in [1.29, 1.82) is 0 Å². The van der Waals surface area contributed by atoms with Crippen molar-refractivity contribution < 1.29 is 9.72 Å². The second kappa shape index (κ2) is 10.0. The van der Waals surface area contributed by atoms with Crippen LogP contribution in [0, 0.1) is 10.1 Å². The lowest BCUT2D eigenvalue weighted by atomic mass is 10.2. The van der Waals surface area contributed by atoms with E-state index in [1.165, 1.54) is 6.07 Å². The van der Waals surface area contributed by atoms with Crippen molar-refractivity contribution in [1.82, 2.24) is 9.88 Å². The van der Waals surface area contributed by atoms with E-state index in [2.05, 4.69) is 20.1 Å². The lowest BCUT2D eigenvalue weighted by Gasteiger charge is -2.23. The van der Waals surface area contributed by atoms with Crippen molar-refractivity contribution >= 4 is 23.1 Å². The molecule has 8 heteroatoms. The van der Waals surface area contributed by atoms with Crippen LogP contribution in [0.2, 0.25) is 0 Å². The first-order valence-electron chi connectivity index (χ1n) is 10.6. The number of benzene rings is 2. The van der Waals surface area contributed by atoms with Gasteiger partial charge in [-0.15, -0.1) is 0 Å². The van der Waals surface area contributed by atoms with Gasteiger partial charge in [0.1, 0.15) is 5.82 Å². The quantitative estimate of drug-likeness (QED) is 0.469. The van der Waals surface area contributed by atoms with Crippen LogP contribution in [0.4, 0.5) is 17.2 Å². The van der Waals surface area contributed by atoms with Gasteiger partial charge >= 0.3 is 0 Å². The zero-order chi connectivity index (χ0) is 22.3. The highest BCUT2D eigenvalue weighted by molar-refractivity contribution is 6.04. The fourth-order valence-electron chi connectivity index (χ4n) is 3.82. The molecule has 2 heterocycles. The molecular weight excluding hydrogens is 406 g/mol. The van der Waals surface area contributed by atoms with Gasteiger partial charge in [0.05, 0.1) is 16.8 Å². The zero-order valence-electron chi connectivity index (χ0n) is 17.7. The van der Waals surface area contributed by atoms with Crippen LogP contribution in [0.15, 0.2) is 72.9 Å². The Morgan fingerprint density at radius 2 is 1.84 bits per heavy atom. The maximum absolute atomic E-state index is 12.3. The summed E-state index contributed by atoms with van der Waals surface area (Å²) in [6.07, 6.45) is 2.66. The van der Waals surface area contributed by atoms with E-state index in [0.29, 0.717) is 17.8 Å². The number of nitro groups is 1. The van der Waals surface area contributed by atoms with Crippen molar-refractivity contribution in [3.05, 3.63) is 94.2 Å². The van der Waals surface area contributed by atoms with Crippen LogP contribution >= 0.6 is 0 Å². The first-order valence-corrected chi connectivity index (χ1v) is 10.6. The number of nitrogens with one attached hydrogen (secondary N) is 1. The van der Waals surface area contributed by atoms with E-state index in [9.17, 15) is 14.9 Å². The van der Waals surface area contributed by atoms with Crippen LogP contribution in [-0.2, 0) is 6.54 Å². The number of hydrogen-bond acceptors (Lipinski definition) is 6. The highest BCUT2D eigenvalue weighted by Crippen LogP contribution is 2.19. The van der Waals surface area contributed by atoms with Crippen LogP contribution in [0.5, 0.6) is 0 Å². The Hall–Kier alpha value is -3.78. The van der Waals surface area contributed by atoms with E-state index in [4.69, 9.17) is 0 Å². The molecule has 1 N–H and O–H groups in total. The number of pyridine rings is 1. The molecule has 32 heavy (non-hydrogen) atoms. The monoisotopic (exact) mass is 431 g/mol. The Labute approximate surface area is 186 Å². The summed E-state index contributed by atoms with van der Waals surface area (Å²) in [7, 11) is 0. The van der Waals surface area contributed by atoms with Gasteiger partial charge in [-0.3, -0.25) is 19.8 Å². The number of aromatic nitrogens is 1. The minimum absolute atomic E-state index is 0.127. The highest BCUT2D eigenvalue weighted by atomic mass is 16.6. The highest BCUT2D eigenvalue weighted by Gasteiger charge is 2.17. The van der Waals surface area contributed by atoms with Gasteiger partial charge in [-0.2, -0.15) is 0 Å². The van der Waals surface area contributed by atoms with Gasteiger partial charge in [-0.1, -0.05) is 30.3 Å². The Morgan fingerprint density at radius 1 is 1.00 bits per heavy atom. The molecule has 164 valence electrons. The molecule has 0 saturated carbocycles. The van der Waals surface area contributed by atoms with E-state index < -0.39 is 0 Å². The summed E-state index contributed by atoms with van der Waals surface area (Å²) in [6, 6.07) is 19.7. The standard InChI is InChI=1S/C24H25N5O3/c30-24(20-7-2-1-3-8-20)26-21-10-11-23(25-17-21)28-13-5-12-27(14-15-28)18-19-6-4-9-22(16-19)29(31)32/h1-4,6-11,16-17H,5,12-15,18H2,(H,26,30). The van der Waals surface area contributed by atoms with Gasteiger partial charge in [0.15, 0.2) is 0 Å². The molecule has 0 aliphatic carbocycles. The van der Waals surface area contributed by atoms with E-state index in [0.717, 1.165) is 44.0 Å². The summed E-state index contributed by atoms with van der Waals surface area (Å²) >= 11 is 0.